The first kappa shape index (κ1) is 9.59. The Hall–Kier alpha value is -0.960. The maximum atomic E-state index is 11.8. The molecule has 76 valence electrons. The molecule has 0 aromatic carbocycles. The minimum atomic E-state index is 0.0744. The molecule has 1 aliphatic carbocycles. The molecule has 0 saturated heterocycles. The third kappa shape index (κ3) is 1.77. The Labute approximate surface area is 87.6 Å². The Morgan fingerprint density at radius 2 is 2.36 bits per heavy atom. The summed E-state index contributed by atoms with van der Waals surface area (Å²) >= 11 is 5.55. The second kappa shape index (κ2) is 3.65. The van der Waals surface area contributed by atoms with Crippen molar-refractivity contribution < 1.29 is 0 Å². The van der Waals surface area contributed by atoms with Crippen LogP contribution in [0.15, 0.2) is 28.3 Å². The van der Waals surface area contributed by atoms with Crippen molar-refractivity contribution in [3.63, 3.8) is 0 Å². The third-order valence-electron chi connectivity index (χ3n) is 2.42. The number of hydrogen-bond donors (Lipinski definition) is 0. The van der Waals surface area contributed by atoms with E-state index in [0.717, 1.165) is 18.4 Å². The molecule has 0 amide bonds. The van der Waals surface area contributed by atoms with Crippen molar-refractivity contribution in [2.24, 2.45) is 0 Å². The molecule has 2 rings (SSSR count). The second-order valence-corrected chi connectivity index (χ2v) is 4.02. The summed E-state index contributed by atoms with van der Waals surface area (Å²) in [7, 11) is 0. The molecule has 4 heteroatoms. The molecule has 0 radical (unpaired) electrons. The zero-order valence-corrected chi connectivity index (χ0v) is 8.87. The molecule has 0 bridgehead atoms. The molecule has 0 aliphatic heterocycles. The SMILES string of the molecule is C/C(=C/Cl)Cn1ccn(C2CC2)c1=O. The van der Waals surface area contributed by atoms with Crippen molar-refractivity contribution >= 4 is 11.6 Å². The lowest BCUT2D eigenvalue weighted by Crippen LogP contribution is -2.23. The van der Waals surface area contributed by atoms with E-state index in [1.807, 2.05) is 23.9 Å². The van der Waals surface area contributed by atoms with Gasteiger partial charge in [0.1, 0.15) is 0 Å². The smallest absolute Gasteiger partial charge is 0.296 e. The number of nitrogens with zero attached hydrogens (tertiary/aromatic N) is 2. The average Bonchev–Trinajstić information content (AvgIpc) is 2.95. The molecule has 0 spiro atoms. The predicted molar refractivity (Wildman–Crippen MR) is 56.6 cm³/mol. The van der Waals surface area contributed by atoms with Crippen LogP contribution in [-0.4, -0.2) is 9.13 Å². The van der Waals surface area contributed by atoms with Gasteiger partial charge < -0.3 is 0 Å². The predicted octanol–water partition coefficient (Wildman–Crippen LogP) is 2.13. The van der Waals surface area contributed by atoms with E-state index in [-0.39, 0.29) is 5.69 Å². The summed E-state index contributed by atoms with van der Waals surface area (Å²) in [5.41, 5.74) is 2.58. The van der Waals surface area contributed by atoms with Crippen LogP contribution in [0.3, 0.4) is 0 Å². The first-order valence-electron chi connectivity index (χ1n) is 4.75. The van der Waals surface area contributed by atoms with Gasteiger partial charge in [-0.2, -0.15) is 0 Å². The fourth-order valence-corrected chi connectivity index (χ4v) is 1.55. The van der Waals surface area contributed by atoms with E-state index in [0.29, 0.717) is 12.6 Å². The van der Waals surface area contributed by atoms with Gasteiger partial charge >= 0.3 is 5.69 Å². The highest BCUT2D eigenvalue weighted by molar-refractivity contribution is 6.25. The maximum absolute atomic E-state index is 11.8. The van der Waals surface area contributed by atoms with Crippen molar-refractivity contribution in [2.45, 2.75) is 32.4 Å². The van der Waals surface area contributed by atoms with Gasteiger partial charge in [-0.05, 0) is 25.3 Å². The van der Waals surface area contributed by atoms with Crippen LogP contribution in [-0.2, 0) is 6.54 Å². The molecule has 0 atom stereocenters. The maximum Gasteiger partial charge on any atom is 0.328 e. The van der Waals surface area contributed by atoms with Gasteiger partial charge in [0.2, 0.25) is 0 Å². The number of hydrogen-bond acceptors (Lipinski definition) is 1. The zero-order chi connectivity index (χ0) is 10.1. The number of imidazole rings is 1. The van der Waals surface area contributed by atoms with E-state index in [1.165, 1.54) is 5.54 Å². The molecule has 1 aromatic heterocycles. The highest BCUT2D eigenvalue weighted by Crippen LogP contribution is 2.33. The van der Waals surface area contributed by atoms with Gasteiger partial charge in [-0.15, -0.1) is 0 Å². The lowest BCUT2D eigenvalue weighted by atomic mass is 10.3. The van der Waals surface area contributed by atoms with Crippen LogP contribution in [0.4, 0.5) is 0 Å². The molecule has 1 fully saturated rings. The summed E-state index contributed by atoms with van der Waals surface area (Å²) < 4.78 is 3.49. The molecule has 1 heterocycles. The zero-order valence-electron chi connectivity index (χ0n) is 8.11. The quantitative estimate of drug-likeness (QED) is 0.754. The molecule has 3 nitrogen and oxygen atoms in total. The fourth-order valence-electron chi connectivity index (χ4n) is 1.48. The lowest BCUT2D eigenvalue weighted by molar-refractivity contribution is 0.653. The van der Waals surface area contributed by atoms with Crippen LogP contribution in [0.1, 0.15) is 25.8 Å². The van der Waals surface area contributed by atoms with E-state index in [1.54, 1.807) is 4.57 Å². The van der Waals surface area contributed by atoms with Gasteiger partial charge in [0, 0.05) is 30.5 Å². The molecular weight excluding hydrogens is 200 g/mol. The van der Waals surface area contributed by atoms with Crippen LogP contribution in [0, 0.1) is 0 Å². The normalized spacial score (nSPS) is 17.4. The largest absolute Gasteiger partial charge is 0.328 e. The minimum absolute atomic E-state index is 0.0744. The Kier molecular flexibility index (Phi) is 2.50. The summed E-state index contributed by atoms with van der Waals surface area (Å²) in [4.78, 5) is 11.8. The first-order chi connectivity index (χ1) is 6.72. The van der Waals surface area contributed by atoms with Gasteiger partial charge in [-0.1, -0.05) is 11.6 Å². The van der Waals surface area contributed by atoms with E-state index in [2.05, 4.69) is 0 Å². The van der Waals surface area contributed by atoms with Crippen molar-refractivity contribution in [3.05, 3.63) is 34.0 Å². The highest BCUT2D eigenvalue weighted by atomic mass is 35.5. The fraction of sp³-hybridized carbons (Fsp3) is 0.500. The van der Waals surface area contributed by atoms with E-state index < -0.39 is 0 Å². The molecule has 1 saturated carbocycles. The first-order valence-corrected chi connectivity index (χ1v) is 5.19. The molecule has 1 aromatic rings. The number of allylic oxidation sites excluding steroid dienone is 1. The lowest BCUT2D eigenvalue weighted by Gasteiger charge is -2.00. The van der Waals surface area contributed by atoms with Crippen molar-refractivity contribution in [2.75, 3.05) is 0 Å². The Balaban J connectivity index is 2.22. The van der Waals surface area contributed by atoms with Gasteiger partial charge in [0.25, 0.3) is 0 Å². The van der Waals surface area contributed by atoms with Crippen LogP contribution >= 0.6 is 11.6 Å². The summed E-state index contributed by atoms with van der Waals surface area (Å²) in [6.45, 7) is 2.50. The summed E-state index contributed by atoms with van der Waals surface area (Å²) in [6.07, 6.45) is 5.95. The standard InChI is InChI=1S/C10H13ClN2O/c1-8(6-11)7-12-4-5-13(10(12)14)9-2-3-9/h4-6,9H,2-3,7H2,1H3/b8-6-. The monoisotopic (exact) mass is 212 g/mol. The van der Waals surface area contributed by atoms with Gasteiger partial charge in [-0.3, -0.25) is 9.13 Å². The second-order valence-electron chi connectivity index (χ2n) is 3.80. The van der Waals surface area contributed by atoms with Crippen LogP contribution < -0.4 is 5.69 Å². The van der Waals surface area contributed by atoms with Crippen LogP contribution in [0.5, 0.6) is 0 Å². The molecule has 1 aliphatic rings. The van der Waals surface area contributed by atoms with E-state index >= 15 is 0 Å². The molecular formula is C10H13ClN2O. The molecule has 14 heavy (non-hydrogen) atoms. The summed E-state index contributed by atoms with van der Waals surface area (Å²) in [6, 6.07) is 0.448. The van der Waals surface area contributed by atoms with Gasteiger partial charge in [0.15, 0.2) is 0 Å². The van der Waals surface area contributed by atoms with Gasteiger partial charge in [0.05, 0.1) is 0 Å². The molecule has 0 unspecified atom stereocenters. The topological polar surface area (TPSA) is 26.9 Å². The minimum Gasteiger partial charge on any atom is -0.296 e. The highest BCUT2D eigenvalue weighted by Gasteiger charge is 2.25. The summed E-state index contributed by atoms with van der Waals surface area (Å²) in [5, 5.41) is 0. The summed E-state index contributed by atoms with van der Waals surface area (Å²) in [5.74, 6) is 0. The Morgan fingerprint density at radius 1 is 1.64 bits per heavy atom. The Morgan fingerprint density at radius 3 is 2.93 bits per heavy atom. The number of halogens is 1. The van der Waals surface area contributed by atoms with Crippen LogP contribution in [0.25, 0.3) is 0 Å². The number of aromatic nitrogens is 2. The average molecular weight is 213 g/mol. The Bertz CT molecular complexity index is 412. The number of rotatable bonds is 3. The van der Waals surface area contributed by atoms with Gasteiger partial charge in [-0.25, -0.2) is 4.79 Å². The van der Waals surface area contributed by atoms with E-state index in [9.17, 15) is 4.79 Å². The van der Waals surface area contributed by atoms with Crippen molar-refractivity contribution in [1.29, 1.82) is 0 Å². The van der Waals surface area contributed by atoms with Crippen LogP contribution in [0.2, 0.25) is 0 Å². The third-order valence-corrected chi connectivity index (χ3v) is 2.79. The van der Waals surface area contributed by atoms with Crippen molar-refractivity contribution in [3.8, 4) is 0 Å². The van der Waals surface area contributed by atoms with Crippen molar-refractivity contribution in [1.82, 2.24) is 9.13 Å². The molecule has 0 N–H and O–H groups in total. The van der Waals surface area contributed by atoms with E-state index in [4.69, 9.17) is 11.6 Å².